The molecule has 32 heavy (non-hydrogen) atoms. The number of carbonyl (C=O) groups is 1. The Balaban J connectivity index is 1.35. The molecule has 158 valence electrons. The van der Waals surface area contributed by atoms with Gasteiger partial charge in [0.15, 0.2) is 0 Å². The molecule has 0 spiro atoms. The molecule has 0 bridgehead atoms. The Morgan fingerprint density at radius 1 is 1.22 bits per heavy atom. The normalized spacial score (nSPS) is 15.6. The lowest BCUT2D eigenvalue weighted by Gasteiger charge is -2.17. The summed E-state index contributed by atoms with van der Waals surface area (Å²) in [6, 6.07) is 17.1. The van der Waals surface area contributed by atoms with Crippen LogP contribution in [0, 0.1) is 11.3 Å². The van der Waals surface area contributed by atoms with Gasteiger partial charge in [-0.15, -0.1) is 0 Å². The Hall–Kier alpha value is -4.38. The number of para-hydroxylation sites is 1. The minimum Gasteiger partial charge on any atom is -0.399 e. The van der Waals surface area contributed by atoms with Crippen molar-refractivity contribution < 1.29 is 4.79 Å². The first-order chi connectivity index (χ1) is 15.6. The summed E-state index contributed by atoms with van der Waals surface area (Å²) < 4.78 is 0. The van der Waals surface area contributed by atoms with Crippen LogP contribution in [-0.4, -0.2) is 44.9 Å². The molecule has 1 atom stereocenters. The molecule has 1 fully saturated rings. The molecule has 3 heterocycles. The van der Waals surface area contributed by atoms with Crippen molar-refractivity contribution in [2.45, 2.75) is 12.5 Å². The number of hydrogen-bond donors (Lipinski definition) is 3. The number of fused-ring (bicyclic) bond motifs is 1. The minimum absolute atomic E-state index is 0.0190. The lowest BCUT2D eigenvalue weighted by Crippen LogP contribution is -2.31. The summed E-state index contributed by atoms with van der Waals surface area (Å²) in [6.07, 6.45) is 4.19. The van der Waals surface area contributed by atoms with E-state index in [-0.39, 0.29) is 11.9 Å². The maximum absolute atomic E-state index is 12.8. The lowest BCUT2D eigenvalue weighted by atomic mass is 10.1. The first-order valence-corrected chi connectivity index (χ1v) is 10.4. The Labute approximate surface area is 184 Å². The maximum Gasteiger partial charge on any atom is 0.253 e. The van der Waals surface area contributed by atoms with E-state index in [9.17, 15) is 10.1 Å². The molecule has 4 aromatic rings. The lowest BCUT2D eigenvalue weighted by molar-refractivity contribution is 0.0791. The molecule has 1 amide bonds. The van der Waals surface area contributed by atoms with E-state index in [1.54, 1.807) is 30.5 Å². The number of nitrogens with zero attached hydrogens (tertiary/aromatic N) is 4. The highest BCUT2D eigenvalue weighted by molar-refractivity contribution is 5.96. The molecule has 0 radical (unpaired) electrons. The summed E-state index contributed by atoms with van der Waals surface area (Å²) in [5, 5.41) is 13.9. The van der Waals surface area contributed by atoms with E-state index in [1.807, 2.05) is 35.4 Å². The highest BCUT2D eigenvalue weighted by Crippen LogP contribution is 2.30. The van der Waals surface area contributed by atoms with Crippen molar-refractivity contribution in [2.24, 2.45) is 0 Å². The number of hydrogen-bond acceptors (Lipinski definition) is 6. The van der Waals surface area contributed by atoms with Crippen molar-refractivity contribution in [1.29, 1.82) is 5.26 Å². The number of aromatic amines is 1. The quantitative estimate of drug-likeness (QED) is 0.432. The average molecular weight is 423 g/mol. The molecule has 5 rings (SSSR count). The van der Waals surface area contributed by atoms with E-state index >= 15 is 0 Å². The van der Waals surface area contributed by atoms with Gasteiger partial charge in [0.1, 0.15) is 6.07 Å². The van der Waals surface area contributed by atoms with E-state index in [0.717, 1.165) is 22.9 Å². The molecule has 8 heteroatoms. The van der Waals surface area contributed by atoms with Gasteiger partial charge in [-0.3, -0.25) is 4.79 Å². The van der Waals surface area contributed by atoms with Gasteiger partial charge < -0.3 is 20.9 Å². The van der Waals surface area contributed by atoms with Gasteiger partial charge in [0.25, 0.3) is 5.91 Å². The number of nitriles is 1. The molecule has 0 aliphatic carbocycles. The van der Waals surface area contributed by atoms with Crippen LogP contribution in [0.4, 0.5) is 11.6 Å². The largest absolute Gasteiger partial charge is 0.399 e. The second-order valence-electron chi connectivity index (χ2n) is 7.82. The van der Waals surface area contributed by atoms with Crippen LogP contribution < -0.4 is 11.1 Å². The number of aromatic nitrogens is 3. The summed E-state index contributed by atoms with van der Waals surface area (Å²) in [5.41, 5.74) is 9.79. The predicted molar refractivity (Wildman–Crippen MR) is 123 cm³/mol. The SMILES string of the molecule is N#Cc1cnc(NC2CCN(C(=O)c3ccc(N)cc3)C2)nc1-c1c[nH]c2ccccc12. The zero-order valence-electron chi connectivity index (χ0n) is 17.2. The topological polar surface area (TPSA) is 124 Å². The monoisotopic (exact) mass is 423 g/mol. The van der Waals surface area contributed by atoms with Gasteiger partial charge in [-0.2, -0.15) is 5.26 Å². The standard InChI is InChI=1S/C24H21N7O/c25-11-16-12-28-24(30-22(16)20-13-27-21-4-2-1-3-19(20)21)29-18-9-10-31(14-18)23(32)15-5-7-17(26)8-6-15/h1-8,12-13,18,27H,9-10,14,26H2,(H,28,29,30). The van der Waals surface area contributed by atoms with Crippen molar-refractivity contribution in [3.8, 4) is 17.3 Å². The van der Waals surface area contributed by atoms with Gasteiger partial charge in [0, 0.05) is 53.0 Å². The Morgan fingerprint density at radius 2 is 2.03 bits per heavy atom. The molecule has 8 nitrogen and oxygen atoms in total. The fraction of sp³-hybridized carbons (Fsp3) is 0.167. The first kappa shape index (κ1) is 19.6. The molecule has 1 saturated heterocycles. The maximum atomic E-state index is 12.8. The fourth-order valence-electron chi connectivity index (χ4n) is 4.06. The number of nitrogen functional groups attached to an aromatic ring is 1. The highest BCUT2D eigenvalue weighted by Gasteiger charge is 2.27. The van der Waals surface area contributed by atoms with E-state index < -0.39 is 0 Å². The summed E-state index contributed by atoms with van der Waals surface area (Å²) in [7, 11) is 0. The number of benzene rings is 2. The number of rotatable bonds is 4. The molecular formula is C24H21N7O. The smallest absolute Gasteiger partial charge is 0.253 e. The molecule has 1 aliphatic rings. The number of anilines is 2. The van der Waals surface area contributed by atoms with Crippen LogP contribution >= 0.6 is 0 Å². The van der Waals surface area contributed by atoms with Crippen molar-refractivity contribution in [2.75, 3.05) is 24.1 Å². The van der Waals surface area contributed by atoms with Crippen LogP contribution in [-0.2, 0) is 0 Å². The summed E-state index contributed by atoms with van der Waals surface area (Å²) in [5.74, 6) is 0.422. The van der Waals surface area contributed by atoms with Crippen molar-refractivity contribution in [3.05, 3.63) is 72.1 Å². The number of carbonyl (C=O) groups excluding carboxylic acids is 1. The number of H-pyrrole nitrogens is 1. The second kappa shape index (κ2) is 8.04. The molecule has 1 aliphatic heterocycles. The number of amides is 1. The molecule has 1 unspecified atom stereocenters. The van der Waals surface area contributed by atoms with Gasteiger partial charge in [-0.1, -0.05) is 18.2 Å². The van der Waals surface area contributed by atoms with E-state index in [0.29, 0.717) is 41.5 Å². The van der Waals surface area contributed by atoms with Crippen LogP contribution in [0.2, 0.25) is 0 Å². The van der Waals surface area contributed by atoms with Crippen LogP contribution in [0.25, 0.3) is 22.2 Å². The highest BCUT2D eigenvalue weighted by atomic mass is 16.2. The molecular weight excluding hydrogens is 402 g/mol. The molecule has 2 aromatic heterocycles. The van der Waals surface area contributed by atoms with Crippen LogP contribution in [0.15, 0.2) is 60.9 Å². The third kappa shape index (κ3) is 3.61. The van der Waals surface area contributed by atoms with E-state index in [2.05, 4.69) is 26.3 Å². The molecule has 4 N–H and O–H groups in total. The van der Waals surface area contributed by atoms with Crippen LogP contribution in [0.1, 0.15) is 22.3 Å². The minimum atomic E-state index is -0.0190. The second-order valence-corrected chi connectivity index (χ2v) is 7.82. The number of nitrogens with two attached hydrogens (primary N) is 1. The zero-order valence-corrected chi connectivity index (χ0v) is 17.2. The molecule has 0 saturated carbocycles. The van der Waals surface area contributed by atoms with Crippen molar-refractivity contribution >= 4 is 28.4 Å². The van der Waals surface area contributed by atoms with Crippen LogP contribution in [0.3, 0.4) is 0 Å². The van der Waals surface area contributed by atoms with Gasteiger partial charge in [-0.25, -0.2) is 9.97 Å². The Kier molecular flexibility index (Phi) is 4.92. The average Bonchev–Trinajstić information content (AvgIpc) is 3.46. The first-order valence-electron chi connectivity index (χ1n) is 10.4. The zero-order chi connectivity index (χ0) is 22.1. The van der Waals surface area contributed by atoms with Crippen molar-refractivity contribution in [1.82, 2.24) is 19.9 Å². The fourth-order valence-corrected chi connectivity index (χ4v) is 4.06. The van der Waals surface area contributed by atoms with E-state index in [1.165, 1.54) is 0 Å². The van der Waals surface area contributed by atoms with Crippen molar-refractivity contribution in [3.63, 3.8) is 0 Å². The summed E-state index contributed by atoms with van der Waals surface area (Å²) >= 11 is 0. The van der Waals surface area contributed by atoms with Gasteiger partial charge in [0.2, 0.25) is 5.95 Å². The summed E-state index contributed by atoms with van der Waals surface area (Å²) in [4.78, 5) is 26.8. The van der Waals surface area contributed by atoms with E-state index in [4.69, 9.17) is 5.73 Å². The summed E-state index contributed by atoms with van der Waals surface area (Å²) in [6.45, 7) is 1.20. The van der Waals surface area contributed by atoms with Crippen LogP contribution in [0.5, 0.6) is 0 Å². The predicted octanol–water partition coefficient (Wildman–Crippen LogP) is 3.41. The third-order valence-corrected chi connectivity index (χ3v) is 5.72. The van der Waals surface area contributed by atoms with Gasteiger partial charge in [-0.05, 0) is 36.8 Å². The molecule has 2 aromatic carbocycles. The Bertz CT molecular complexity index is 1340. The Morgan fingerprint density at radius 3 is 2.84 bits per heavy atom. The number of likely N-dealkylation sites (tertiary alicyclic amines) is 1. The van der Waals surface area contributed by atoms with Gasteiger partial charge in [0.05, 0.1) is 17.5 Å². The van der Waals surface area contributed by atoms with Gasteiger partial charge >= 0.3 is 0 Å². The number of nitrogens with one attached hydrogen (secondary N) is 2. The third-order valence-electron chi connectivity index (χ3n) is 5.72.